The SMILES string of the molecule is Cc1cccc(-c2ccc(NC(=O)C3CCN(C(=O)c4cnsn4)CC3)cc2)c1. The van der Waals surface area contributed by atoms with E-state index in [1.165, 1.54) is 11.8 Å². The van der Waals surface area contributed by atoms with Crippen molar-refractivity contribution in [2.24, 2.45) is 5.92 Å². The Morgan fingerprint density at radius 3 is 2.48 bits per heavy atom. The van der Waals surface area contributed by atoms with Gasteiger partial charge in [-0.15, -0.1) is 0 Å². The fourth-order valence-corrected chi connectivity index (χ4v) is 3.99. The first-order chi connectivity index (χ1) is 14.1. The van der Waals surface area contributed by atoms with Gasteiger partial charge < -0.3 is 10.2 Å². The summed E-state index contributed by atoms with van der Waals surface area (Å²) < 4.78 is 7.87. The Kier molecular flexibility index (Phi) is 5.67. The predicted octanol–water partition coefficient (Wildman–Crippen LogP) is 4.00. The first-order valence-corrected chi connectivity index (χ1v) is 10.4. The van der Waals surface area contributed by atoms with Gasteiger partial charge in [0.2, 0.25) is 5.91 Å². The Labute approximate surface area is 173 Å². The molecule has 1 N–H and O–H groups in total. The molecule has 0 bridgehead atoms. The van der Waals surface area contributed by atoms with Gasteiger partial charge >= 0.3 is 0 Å². The summed E-state index contributed by atoms with van der Waals surface area (Å²) in [5.74, 6) is -0.191. The largest absolute Gasteiger partial charge is 0.337 e. The summed E-state index contributed by atoms with van der Waals surface area (Å²) >= 11 is 1.03. The average molecular weight is 407 g/mol. The van der Waals surface area contributed by atoms with Crippen LogP contribution in [0.3, 0.4) is 0 Å². The minimum absolute atomic E-state index is 0.00993. The van der Waals surface area contributed by atoms with Gasteiger partial charge in [0, 0.05) is 24.7 Å². The summed E-state index contributed by atoms with van der Waals surface area (Å²) in [5.41, 5.74) is 4.67. The Morgan fingerprint density at radius 1 is 1.07 bits per heavy atom. The molecule has 6 nitrogen and oxygen atoms in total. The van der Waals surface area contributed by atoms with Crippen molar-refractivity contribution in [3.05, 3.63) is 66.0 Å². The van der Waals surface area contributed by atoms with Crippen LogP contribution in [0.15, 0.2) is 54.7 Å². The van der Waals surface area contributed by atoms with E-state index >= 15 is 0 Å². The van der Waals surface area contributed by atoms with Gasteiger partial charge in [0.05, 0.1) is 17.9 Å². The molecule has 2 heterocycles. The summed E-state index contributed by atoms with van der Waals surface area (Å²) in [5, 5.41) is 3.01. The number of benzene rings is 2. The molecule has 2 aromatic carbocycles. The van der Waals surface area contributed by atoms with Crippen LogP contribution in [0.2, 0.25) is 0 Å². The van der Waals surface area contributed by atoms with Crippen molar-refractivity contribution in [2.45, 2.75) is 19.8 Å². The minimum Gasteiger partial charge on any atom is -0.337 e. The van der Waals surface area contributed by atoms with Gasteiger partial charge in [-0.25, -0.2) is 0 Å². The lowest BCUT2D eigenvalue weighted by atomic mass is 9.95. The van der Waals surface area contributed by atoms with Gasteiger partial charge in [-0.05, 0) is 43.0 Å². The zero-order valence-corrected chi connectivity index (χ0v) is 17.0. The molecular weight excluding hydrogens is 384 g/mol. The fraction of sp³-hybridized carbons (Fsp3) is 0.273. The van der Waals surface area contributed by atoms with Gasteiger partial charge in [-0.3, -0.25) is 9.59 Å². The number of piperidine rings is 1. The Morgan fingerprint density at radius 2 is 1.83 bits per heavy atom. The molecule has 0 unspecified atom stereocenters. The Hall–Kier alpha value is -3.06. The molecule has 3 aromatic rings. The average Bonchev–Trinajstić information content (AvgIpc) is 3.29. The van der Waals surface area contributed by atoms with E-state index < -0.39 is 0 Å². The second kappa shape index (κ2) is 8.53. The Balaban J connectivity index is 1.32. The monoisotopic (exact) mass is 406 g/mol. The number of nitrogens with one attached hydrogen (secondary N) is 1. The van der Waals surface area contributed by atoms with E-state index in [2.05, 4.69) is 39.2 Å². The lowest BCUT2D eigenvalue weighted by Gasteiger charge is -2.30. The summed E-state index contributed by atoms with van der Waals surface area (Å²) in [6.07, 6.45) is 2.79. The molecule has 0 atom stereocenters. The molecular formula is C22H22N4O2S. The molecule has 0 saturated carbocycles. The van der Waals surface area contributed by atoms with Crippen LogP contribution in [-0.4, -0.2) is 38.6 Å². The second-order valence-corrected chi connectivity index (χ2v) is 7.85. The normalized spacial score (nSPS) is 14.6. The van der Waals surface area contributed by atoms with Crippen molar-refractivity contribution >= 4 is 29.2 Å². The molecule has 1 aromatic heterocycles. The number of hydrogen-bond acceptors (Lipinski definition) is 5. The van der Waals surface area contributed by atoms with E-state index in [-0.39, 0.29) is 17.7 Å². The van der Waals surface area contributed by atoms with Crippen LogP contribution in [0.4, 0.5) is 5.69 Å². The highest BCUT2D eigenvalue weighted by atomic mass is 32.1. The van der Waals surface area contributed by atoms with Gasteiger partial charge in [0.15, 0.2) is 5.69 Å². The smallest absolute Gasteiger partial charge is 0.275 e. The molecule has 1 fully saturated rings. The van der Waals surface area contributed by atoms with Crippen LogP contribution in [0, 0.1) is 12.8 Å². The lowest BCUT2D eigenvalue weighted by molar-refractivity contribution is -0.121. The molecule has 148 valence electrons. The van der Waals surface area contributed by atoms with Crippen LogP contribution >= 0.6 is 11.7 Å². The number of carbonyl (C=O) groups is 2. The molecule has 0 aliphatic carbocycles. The molecule has 4 rings (SSSR count). The third-order valence-electron chi connectivity index (χ3n) is 5.24. The van der Waals surface area contributed by atoms with Crippen molar-refractivity contribution in [1.29, 1.82) is 0 Å². The van der Waals surface area contributed by atoms with Crippen molar-refractivity contribution in [3.8, 4) is 11.1 Å². The van der Waals surface area contributed by atoms with Crippen LogP contribution in [-0.2, 0) is 4.79 Å². The molecule has 29 heavy (non-hydrogen) atoms. The number of nitrogens with zero attached hydrogens (tertiary/aromatic N) is 3. The van der Waals surface area contributed by atoms with E-state index in [9.17, 15) is 9.59 Å². The van der Waals surface area contributed by atoms with E-state index in [1.807, 2.05) is 30.3 Å². The van der Waals surface area contributed by atoms with Crippen molar-refractivity contribution in [3.63, 3.8) is 0 Å². The van der Waals surface area contributed by atoms with Crippen molar-refractivity contribution in [2.75, 3.05) is 18.4 Å². The van der Waals surface area contributed by atoms with Crippen LogP contribution in [0.1, 0.15) is 28.9 Å². The molecule has 0 spiro atoms. The summed E-state index contributed by atoms with van der Waals surface area (Å²) in [6, 6.07) is 16.3. The molecule has 2 amide bonds. The van der Waals surface area contributed by atoms with Gasteiger partial charge in [0.1, 0.15) is 0 Å². The van der Waals surface area contributed by atoms with Crippen molar-refractivity contribution in [1.82, 2.24) is 13.6 Å². The zero-order valence-electron chi connectivity index (χ0n) is 16.2. The minimum atomic E-state index is -0.107. The third-order valence-corrected chi connectivity index (χ3v) is 5.72. The second-order valence-electron chi connectivity index (χ2n) is 7.30. The first kappa shape index (κ1) is 19.3. The number of anilines is 1. The van der Waals surface area contributed by atoms with E-state index in [1.54, 1.807) is 4.90 Å². The number of likely N-dealkylation sites (tertiary alicyclic amines) is 1. The molecule has 1 aliphatic heterocycles. The Bertz CT molecular complexity index is 994. The van der Waals surface area contributed by atoms with Gasteiger partial charge in [0.25, 0.3) is 5.91 Å². The number of rotatable bonds is 4. The third kappa shape index (κ3) is 4.51. The molecule has 0 radical (unpaired) electrons. The van der Waals surface area contributed by atoms with Crippen molar-refractivity contribution < 1.29 is 9.59 Å². The maximum atomic E-state index is 12.6. The standard InChI is InChI=1S/C22H22N4O2S/c1-15-3-2-4-18(13-15)16-5-7-19(8-6-16)24-21(27)17-9-11-26(12-10-17)22(28)20-14-23-29-25-20/h2-8,13-14,17H,9-12H2,1H3,(H,24,27). The van der Waals surface area contributed by atoms with Crippen LogP contribution in [0.25, 0.3) is 11.1 Å². The molecule has 7 heteroatoms. The maximum Gasteiger partial charge on any atom is 0.275 e. The number of amides is 2. The van der Waals surface area contributed by atoms with E-state index in [0.29, 0.717) is 31.6 Å². The zero-order chi connectivity index (χ0) is 20.2. The summed E-state index contributed by atoms with van der Waals surface area (Å²) in [6.45, 7) is 3.19. The topological polar surface area (TPSA) is 75.2 Å². The van der Waals surface area contributed by atoms with E-state index in [0.717, 1.165) is 28.5 Å². The highest BCUT2D eigenvalue weighted by Gasteiger charge is 2.28. The number of hydrogen-bond donors (Lipinski definition) is 1. The predicted molar refractivity (Wildman–Crippen MR) is 114 cm³/mol. The quantitative estimate of drug-likeness (QED) is 0.710. The number of aromatic nitrogens is 2. The molecule has 1 aliphatic rings. The summed E-state index contributed by atoms with van der Waals surface area (Å²) in [7, 11) is 0. The van der Waals surface area contributed by atoms with Gasteiger partial charge in [-0.2, -0.15) is 8.75 Å². The fourth-order valence-electron chi connectivity index (χ4n) is 3.58. The maximum absolute atomic E-state index is 12.6. The van der Waals surface area contributed by atoms with Crippen LogP contribution < -0.4 is 5.32 Å². The first-order valence-electron chi connectivity index (χ1n) is 9.65. The van der Waals surface area contributed by atoms with E-state index in [4.69, 9.17) is 0 Å². The number of aryl methyl sites for hydroxylation is 1. The molecule has 1 saturated heterocycles. The van der Waals surface area contributed by atoms with Crippen LogP contribution in [0.5, 0.6) is 0 Å². The summed E-state index contributed by atoms with van der Waals surface area (Å²) in [4.78, 5) is 26.7. The number of carbonyl (C=O) groups excluding carboxylic acids is 2. The lowest BCUT2D eigenvalue weighted by Crippen LogP contribution is -2.41. The highest BCUT2D eigenvalue weighted by Crippen LogP contribution is 2.24. The highest BCUT2D eigenvalue weighted by molar-refractivity contribution is 6.99. The van der Waals surface area contributed by atoms with Gasteiger partial charge in [-0.1, -0.05) is 42.0 Å².